The minimum atomic E-state index is -4.14. The topological polar surface area (TPSA) is 86.8 Å². The van der Waals surface area contributed by atoms with Crippen molar-refractivity contribution in [3.63, 3.8) is 0 Å². The summed E-state index contributed by atoms with van der Waals surface area (Å²) in [6, 6.07) is 17.6. The van der Waals surface area contributed by atoms with E-state index < -0.39 is 28.5 Å². The lowest BCUT2D eigenvalue weighted by Crippen LogP contribution is -2.51. The van der Waals surface area contributed by atoms with Crippen LogP contribution in [0.15, 0.2) is 71.6 Å². The van der Waals surface area contributed by atoms with Gasteiger partial charge < -0.3 is 10.2 Å². The van der Waals surface area contributed by atoms with Gasteiger partial charge in [-0.25, -0.2) is 8.42 Å². The molecule has 0 unspecified atom stereocenters. The molecule has 220 valence electrons. The fourth-order valence-electron chi connectivity index (χ4n) is 4.20. The maximum atomic E-state index is 14.0. The molecule has 0 spiro atoms. The number of sulfonamides is 1. The quantitative estimate of drug-likeness (QED) is 0.249. The second-order valence-electron chi connectivity index (χ2n) is 10.3. The van der Waals surface area contributed by atoms with Crippen molar-refractivity contribution in [1.29, 1.82) is 0 Å². The highest BCUT2D eigenvalue weighted by Gasteiger charge is 2.32. The van der Waals surface area contributed by atoms with Crippen LogP contribution in [0.2, 0.25) is 10.0 Å². The van der Waals surface area contributed by atoms with Crippen LogP contribution >= 0.6 is 23.2 Å². The van der Waals surface area contributed by atoms with Gasteiger partial charge in [-0.2, -0.15) is 0 Å². The normalized spacial score (nSPS) is 12.2. The Balaban J connectivity index is 2.05. The average molecular weight is 619 g/mol. The summed E-state index contributed by atoms with van der Waals surface area (Å²) in [5, 5.41) is 3.59. The zero-order chi connectivity index (χ0) is 30.3. The van der Waals surface area contributed by atoms with Crippen molar-refractivity contribution in [3.8, 4) is 0 Å². The second kappa shape index (κ2) is 14.2. The van der Waals surface area contributed by atoms with Crippen LogP contribution in [-0.2, 0) is 26.2 Å². The van der Waals surface area contributed by atoms with Gasteiger partial charge in [-0.05, 0) is 73.7 Å². The van der Waals surface area contributed by atoms with Crippen LogP contribution in [0.25, 0.3) is 0 Å². The Kier molecular flexibility index (Phi) is 11.2. The lowest BCUT2D eigenvalue weighted by molar-refractivity contribution is -0.139. The number of aryl methyl sites for hydroxylation is 1. The predicted octanol–water partition coefficient (Wildman–Crippen LogP) is 6.56. The van der Waals surface area contributed by atoms with E-state index in [2.05, 4.69) is 5.32 Å². The summed E-state index contributed by atoms with van der Waals surface area (Å²) in [7, 11) is -4.14. The molecule has 7 nitrogen and oxygen atoms in total. The molecule has 3 aromatic carbocycles. The Labute approximate surface area is 253 Å². The van der Waals surface area contributed by atoms with Crippen LogP contribution < -0.4 is 9.62 Å². The van der Waals surface area contributed by atoms with Crippen LogP contribution in [0.3, 0.4) is 0 Å². The molecule has 10 heteroatoms. The monoisotopic (exact) mass is 617 g/mol. The number of carbonyl (C=O) groups excluding carboxylic acids is 2. The highest BCUT2D eigenvalue weighted by atomic mass is 35.5. The molecule has 0 bridgehead atoms. The van der Waals surface area contributed by atoms with Gasteiger partial charge in [0, 0.05) is 23.1 Å². The summed E-state index contributed by atoms with van der Waals surface area (Å²) >= 11 is 12.5. The Hall–Kier alpha value is -3.07. The van der Waals surface area contributed by atoms with Gasteiger partial charge in [0.2, 0.25) is 11.8 Å². The number of nitrogens with one attached hydrogen (secondary N) is 1. The fraction of sp³-hybridized carbons (Fsp3) is 0.355. The molecule has 3 rings (SSSR count). The van der Waals surface area contributed by atoms with Crippen molar-refractivity contribution in [3.05, 3.63) is 93.5 Å². The van der Waals surface area contributed by atoms with Gasteiger partial charge in [-0.3, -0.25) is 13.9 Å². The first kappa shape index (κ1) is 32.4. The maximum Gasteiger partial charge on any atom is 0.264 e. The summed E-state index contributed by atoms with van der Waals surface area (Å²) in [6.45, 7) is 9.42. The molecule has 0 radical (unpaired) electrons. The molecule has 2 amide bonds. The lowest BCUT2D eigenvalue weighted by atomic mass is 10.0. The number of carbonyl (C=O) groups is 2. The van der Waals surface area contributed by atoms with E-state index in [4.69, 9.17) is 23.2 Å². The molecule has 0 aromatic heterocycles. The van der Waals surface area contributed by atoms with Gasteiger partial charge in [0.15, 0.2) is 0 Å². The minimum absolute atomic E-state index is 0.0136. The van der Waals surface area contributed by atoms with E-state index in [9.17, 15) is 18.0 Å². The van der Waals surface area contributed by atoms with Gasteiger partial charge in [0.25, 0.3) is 10.0 Å². The molecule has 0 heterocycles. The number of anilines is 1. The Morgan fingerprint density at radius 1 is 0.927 bits per heavy atom. The summed E-state index contributed by atoms with van der Waals surface area (Å²) in [5.41, 5.74) is 2.86. The number of amides is 2. The maximum absolute atomic E-state index is 14.0. The molecule has 1 N–H and O–H groups in total. The molecule has 0 aliphatic carbocycles. The Bertz CT molecular complexity index is 1460. The largest absolute Gasteiger partial charge is 0.354 e. The lowest BCUT2D eigenvalue weighted by Gasteiger charge is -2.32. The van der Waals surface area contributed by atoms with E-state index in [1.54, 1.807) is 49.4 Å². The minimum Gasteiger partial charge on any atom is -0.354 e. The first-order valence-electron chi connectivity index (χ1n) is 13.6. The van der Waals surface area contributed by atoms with Crippen LogP contribution in [0.1, 0.15) is 56.7 Å². The zero-order valence-corrected chi connectivity index (χ0v) is 26.4. The van der Waals surface area contributed by atoms with E-state index in [1.807, 2.05) is 39.8 Å². The van der Waals surface area contributed by atoms with Crippen LogP contribution in [0.4, 0.5) is 5.69 Å². The summed E-state index contributed by atoms with van der Waals surface area (Å²) in [4.78, 5) is 28.4. The van der Waals surface area contributed by atoms with Crippen molar-refractivity contribution >= 4 is 50.7 Å². The zero-order valence-electron chi connectivity index (χ0n) is 24.0. The van der Waals surface area contributed by atoms with E-state index in [0.29, 0.717) is 27.8 Å². The smallest absolute Gasteiger partial charge is 0.264 e. The van der Waals surface area contributed by atoms with Gasteiger partial charge >= 0.3 is 0 Å². The molecule has 0 aliphatic heterocycles. The average Bonchev–Trinajstić information content (AvgIpc) is 2.94. The number of rotatable bonds is 12. The molecular formula is C31H37Cl2N3O4S. The van der Waals surface area contributed by atoms with Crippen LogP contribution in [0.5, 0.6) is 0 Å². The standard InChI is InChI=1S/C31H37Cl2N3O4S/c1-6-17-34-31(38)23(5)35(19-25-9-12-26(32)18-29(25)33)30(37)20-36(27-13-10-24(11-14-27)21(2)3)41(39,40)28-15-7-22(4)8-16-28/h7-16,18,21,23H,6,17,19-20H2,1-5H3,(H,34,38)/t23-/m1/s1. The van der Waals surface area contributed by atoms with E-state index in [1.165, 1.54) is 17.0 Å². The molecule has 0 saturated heterocycles. The van der Waals surface area contributed by atoms with Gasteiger partial charge in [0.05, 0.1) is 10.6 Å². The second-order valence-corrected chi connectivity index (χ2v) is 13.0. The van der Waals surface area contributed by atoms with Crippen molar-refractivity contribution in [2.75, 3.05) is 17.4 Å². The first-order chi connectivity index (χ1) is 19.3. The molecular weight excluding hydrogens is 581 g/mol. The summed E-state index contributed by atoms with van der Waals surface area (Å²) < 4.78 is 29.0. The third-order valence-corrected chi connectivity index (χ3v) is 9.18. The van der Waals surface area contributed by atoms with E-state index >= 15 is 0 Å². The van der Waals surface area contributed by atoms with Crippen molar-refractivity contribution < 1.29 is 18.0 Å². The number of hydrogen-bond donors (Lipinski definition) is 1. The van der Waals surface area contributed by atoms with Crippen molar-refractivity contribution in [2.24, 2.45) is 0 Å². The number of hydrogen-bond acceptors (Lipinski definition) is 4. The van der Waals surface area contributed by atoms with Crippen molar-refractivity contribution in [2.45, 2.75) is 64.4 Å². The third kappa shape index (κ3) is 8.24. The molecule has 1 atom stereocenters. The summed E-state index contributed by atoms with van der Waals surface area (Å²) in [6.07, 6.45) is 0.727. The van der Waals surface area contributed by atoms with Gasteiger partial charge in [-0.15, -0.1) is 0 Å². The van der Waals surface area contributed by atoms with Crippen LogP contribution in [0, 0.1) is 6.92 Å². The molecule has 0 saturated carbocycles. The van der Waals surface area contributed by atoms with Gasteiger partial charge in [-0.1, -0.05) is 79.9 Å². The van der Waals surface area contributed by atoms with Crippen LogP contribution in [-0.4, -0.2) is 44.3 Å². The number of benzene rings is 3. The highest BCUT2D eigenvalue weighted by molar-refractivity contribution is 7.92. The van der Waals surface area contributed by atoms with E-state index in [0.717, 1.165) is 21.9 Å². The summed E-state index contributed by atoms with van der Waals surface area (Å²) in [5.74, 6) is -0.659. The fourth-order valence-corrected chi connectivity index (χ4v) is 6.09. The Morgan fingerprint density at radius 3 is 2.12 bits per heavy atom. The van der Waals surface area contributed by atoms with Crippen molar-refractivity contribution in [1.82, 2.24) is 10.2 Å². The SMILES string of the molecule is CCCNC(=O)[C@@H](C)N(Cc1ccc(Cl)cc1Cl)C(=O)CN(c1ccc(C(C)C)cc1)S(=O)(=O)c1ccc(C)cc1. The molecule has 0 fully saturated rings. The highest BCUT2D eigenvalue weighted by Crippen LogP contribution is 2.28. The third-order valence-electron chi connectivity index (χ3n) is 6.81. The molecule has 3 aromatic rings. The van der Waals surface area contributed by atoms with E-state index in [-0.39, 0.29) is 23.3 Å². The van der Waals surface area contributed by atoms with Gasteiger partial charge in [0.1, 0.15) is 12.6 Å². The Morgan fingerprint density at radius 2 is 1.56 bits per heavy atom. The first-order valence-corrected chi connectivity index (χ1v) is 15.7. The number of halogens is 2. The number of nitrogens with zero attached hydrogens (tertiary/aromatic N) is 2. The predicted molar refractivity (Wildman–Crippen MR) is 166 cm³/mol. The molecule has 41 heavy (non-hydrogen) atoms. The molecule has 0 aliphatic rings.